The number of rotatable bonds is 5. The van der Waals surface area contributed by atoms with Crippen LogP contribution in [-0.2, 0) is 4.79 Å². The van der Waals surface area contributed by atoms with Crippen LogP contribution in [-0.4, -0.2) is 27.1 Å². The molecular weight excluding hydrogens is 305 g/mol. The molecule has 6 heteroatoms. The highest BCUT2D eigenvalue weighted by molar-refractivity contribution is 8.01. The maximum Gasteiger partial charge on any atom is 0.335 e. The molecule has 0 amide bonds. The van der Waals surface area contributed by atoms with Crippen molar-refractivity contribution < 1.29 is 19.1 Å². The molecule has 2 aromatic rings. The van der Waals surface area contributed by atoms with Crippen molar-refractivity contribution in [2.45, 2.75) is 23.5 Å². The minimum atomic E-state index is -1.19. The Kier molecular flexibility index (Phi) is 4.61. The quantitative estimate of drug-likeness (QED) is 0.673. The van der Waals surface area contributed by atoms with Crippen LogP contribution in [0.3, 0.4) is 0 Å². The molecule has 0 saturated heterocycles. The monoisotopic (exact) mass is 319 g/mol. The Morgan fingerprint density at radius 1 is 1.32 bits per heavy atom. The molecule has 0 aliphatic carbocycles. The summed E-state index contributed by atoms with van der Waals surface area (Å²) in [4.78, 5) is 26.7. The molecule has 4 nitrogen and oxygen atoms in total. The van der Waals surface area contributed by atoms with Gasteiger partial charge in [0.25, 0.3) is 0 Å². The standard InChI is InChI=1S/C16H14FNO3S/c1-16(2,9-19)22-14-5-6-18-8-12(14)11-4-3-10(15(20)21)7-13(11)17/h3-9H,1-2H3,(H,20,21). The van der Waals surface area contributed by atoms with Crippen molar-refractivity contribution in [2.75, 3.05) is 0 Å². The first-order valence-corrected chi connectivity index (χ1v) is 7.28. The molecule has 1 N–H and O–H groups in total. The number of nitrogens with zero attached hydrogens (tertiary/aromatic N) is 1. The molecule has 0 aliphatic rings. The van der Waals surface area contributed by atoms with Crippen LogP contribution in [0.2, 0.25) is 0 Å². The first kappa shape index (κ1) is 16.2. The first-order chi connectivity index (χ1) is 10.3. The molecule has 1 aromatic heterocycles. The Bertz CT molecular complexity index is 731. The van der Waals surface area contributed by atoms with E-state index in [1.165, 1.54) is 30.1 Å². The van der Waals surface area contributed by atoms with Crippen molar-refractivity contribution in [1.82, 2.24) is 4.98 Å². The van der Waals surface area contributed by atoms with E-state index in [2.05, 4.69) is 4.98 Å². The molecule has 1 aromatic carbocycles. The number of carbonyl (C=O) groups is 2. The summed E-state index contributed by atoms with van der Waals surface area (Å²) in [6.07, 6.45) is 3.89. The lowest BCUT2D eigenvalue weighted by Gasteiger charge is -2.18. The minimum Gasteiger partial charge on any atom is -0.478 e. The van der Waals surface area contributed by atoms with Gasteiger partial charge in [0, 0.05) is 28.4 Å². The predicted molar refractivity (Wildman–Crippen MR) is 82.6 cm³/mol. The first-order valence-electron chi connectivity index (χ1n) is 6.46. The van der Waals surface area contributed by atoms with E-state index in [0.717, 1.165) is 12.4 Å². The van der Waals surface area contributed by atoms with Crippen LogP contribution in [0.25, 0.3) is 11.1 Å². The summed E-state index contributed by atoms with van der Waals surface area (Å²) in [5, 5.41) is 8.89. The number of aromatic nitrogens is 1. The van der Waals surface area contributed by atoms with Crippen LogP contribution in [0.15, 0.2) is 41.6 Å². The van der Waals surface area contributed by atoms with Crippen molar-refractivity contribution in [1.29, 1.82) is 0 Å². The largest absolute Gasteiger partial charge is 0.478 e. The fraction of sp³-hybridized carbons (Fsp3) is 0.188. The molecule has 1 heterocycles. The van der Waals surface area contributed by atoms with Gasteiger partial charge in [0.2, 0.25) is 0 Å². The smallest absolute Gasteiger partial charge is 0.335 e. The number of aromatic carboxylic acids is 1. The van der Waals surface area contributed by atoms with E-state index < -0.39 is 16.5 Å². The lowest BCUT2D eigenvalue weighted by molar-refractivity contribution is -0.109. The number of pyridine rings is 1. The highest BCUT2D eigenvalue weighted by Gasteiger charge is 2.21. The number of thioether (sulfide) groups is 1. The average Bonchev–Trinajstić information content (AvgIpc) is 2.47. The Morgan fingerprint density at radius 2 is 2.05 bits per heavy atom. The van der Waals surface area contributed by atoms with Crippen molar-refractivity contribution in [2.24, 2.45) is 0 Å². The third kappa shape index (κ3) is 3.51. The van der Waals surface area contributed by atoms with Crippen molar-refractivity contribution in [3.63, 3.8) is 0 Å². The summed E-state index contributed by atoms with van der Waals surface area (Å²) >= 11 is 1.30. The molecule has 0 spiro atoms. The van der Waals surface area contributed by atoms with Crippen LogP contribution >= 0.6 is 11.8 Å². The van der Waals surface area contributed by atoms with E-state index >= 15 is 0 Å². The summed E-state index contributed by atoms with van der Waals surface area (Å²) in [6, 6.07) is 5.43. The topological polar surface area (TPSA) is 67.3 Å². The lowest BCUT2D eigenvalue weighted by Crippen LogP contribution is -2.15. The maximum atomic E-state index is 14.2. The van der Waals surface area contributed by atoms with Gasteiger partial charge >= 0.3 is 5.97 Å². The Hall–Kier alpha value is -2.21. The number of hydrogen-bond acceptors (Lipinski definition) is 4. The molecule has 0 atom stereocenters. The number of carboxylic acids is 1. The van der Waals surface area contributed by atoms with Crippen LogP contribution in [0, 0.1) is 5.82 Å². The van der Waals surface area contributed by atoms with Gasteiger partial charge in [0.15, 0.2) is 0 Å². The van der Waals surface area contributed by atoms with E-state index in [1.54, 1.807) is 26.1 Å². The van der Waals surface area contributed by atoms with Gasteiger partial charge in [-0.2, -0.15) is 0 Å². The molecule has 22 heavy (non-hydrogen) atoms. The van der Waals surface area contributed by atoms with Crippen molar-refractivity contribution >= 4 is 24.0 Å². The van der Waals surface area contributed by atoms with E-state index in [-0.39, 0.29) is 11.1 Å². The van der Waals surface area contributed by atoms with Gasteiger partial charge in [-0.15, -0.1) is 11.8 Å². The third-order valence-corrected chi connectivity index (χ3v) is 4.14. The summed E-state index contributed by atoms with van der Waals surface area (Å²) in [6.45, 7) is 3.53. The number of hydrogen-bond donors (Lipinski definition) is 1. The summed E-state index contributed by atoms with van der Waals surface area (Å²) in [5.74, 6) is -1.83. The van der Waals surface area contributed by atoms with Gasteiger partial charge in [-0.1, -0.05) is 6.07 Å². The normalized spacial score (nSPS) is 11.2. The molecule has 0 fully saturated rings. The Labute approximate surface area is 131 Å². The summed E-state index contributed by atoms with van der Waals surface area (Å²) < 4.78 is 13.6. The Balaban J connectivity index is 2.50. The van der Waals surface area contributed by atoms with E-state index in [4.69, 9.17) is 5.11 Å². The highest BCUT2D eigenvalue weighted by Crippen LogP contribution is 2.38. The number of benzene rings is 1. The van der Waals surface area contributed by atoms with Gasteiger partial charge in [-0.05, 0) is 32.0 Å². The summed E-state index contributed by atoms with van der Waals surface area (Å²) in [5.41, 5.74) is 0.659. The Morgan fingerprint density at radius 3 is 2.64 bits per heavy atom. The second kappa shape index (κ2) is 6.27. The van der Waals surface area contributed by atoms with Crippen LogP contribution in [0.1, 0.15) is 24.2 Å². The SMILES string of the molecule is CC(C)(C=O)Sc1ccncc1-c1ccc(C(=O)O)cc1F. The zero-order chi connectivity index (χ0) is 16.3. The fourth-order valence-corrected chi connectivity index (χ4v) is 2.86. The molecule has 0 unspecified atom stereocenters. The van der Waals surface area contributed by atoms with Gasteiger partial charge in [0.05, 0.1) is 10.3 Å². The van der Waals surface area contributed by atoms with Gasteiger partial charge < -0.3 is 9.90 Å². The molecule has 0 aliphatic heterocycles. The lowest BCUT2D eigenvalue weighted by atomic mass is 10.0. The van der Waals surface area contributed by atoms with Gasteiger partial charge in [-0.25, -0.2) is 9.18 Å². The maximum absolute atomic E-state index is 14.2. The van der Waals surface area contributed by atoms with Crippen molar-refractivity contribution in [3.8, 4) is 11.1 Å². The second-order valence-corrected chi connectivity index (χ2v) is 6.89. The van der Waals surface area contributed by atoms with Crippen LogP contribution in [0.4, 0.5) is 4.39 Å². The third-order valence-electron chi connectivity index (χ3n) is 2.94. The molecule has 0 radical (unpaired) electrons. The van der Waals surface area contributed by atoms with E-state index in [0.29, 0.717) is 10.5 Å². The average molecular weight is 319 g/mol. The number of halogens is 1. The molecule has 0 bridgehead atoms. The second-order valence-electron chi connectivity index (χ2n) is 5.19. The number of carbonyl (C=O) groups excluding carboxylic acids is 1. The van der Waals surface area contributed by atoms with E-state index in [1.807, 2.05) is 0 Å². The predicted octanol–water partition coefficient (Wildman–Crippen LogP) is 3.66. The van der Waals surface area contributed by atoms with Gasteiger partial charge in [0.1, 0.15) is 12.1 Å². The minimum absolute atomic E-state index is 0.118. The van der Waals surface area contributed by atoms with Crippen LogP contribution < -0.4 is 0 Å². The highest BCUT2D eigenvalue weighted by atomic mass is 32.2. The zero-order valence-electron chi connectivity index (χ0n) is 12.0. The fourth-order valence-electron chi connectivity index (χ4n) is 1.85. The van der Waals surface area contributed by atoms with E-state index in [9.17, 15) is 14.0 Å². The number of carboxylic acid groups (broad SMARTS) is 1. The molecular formula is C16H14FNO3S. The number of aldehydes is 1. The summed E-state index contributed by atoms with van der Waals surface area (Å²) in [7, 11) is 0. The van der Waals surface area contributed by atoms with Gasteiger partial charge in [-0.3, -0.25) is 4.98 Å². The zero-order valence-corrected chi connectivity index (χ0v) is 12.9. The molecule has 2 rings (SSSR count). The van der Waals surface area contributed by atoms with Crippen molar-refractivity contribution in [3.05, 3.63) is 48.0 Å². The van der Waals surface area contributed by atoms with Crippen LogP contribution in [0.5, 0.6) is 0 Å². The molecule has 0 saturated carbocycles. The molecule has 114 valence electrons.